The summed E-state index contributed by atoms with van der Waals surface area (Å²) in [7, 11) is 0. The van der Waals surface area contributed by atoms with Gasteiger partial charge in [-0.2, -0.15) is 0 Å². The molecule has 0 amide bonds. The molecule has 5 rings (SSSR count). The Bertz CT molecular complexity index is 1340. The van der Waals surface area contributed by atoms with Gasteiger partial charge >= 0.3 is 0 Å². The second kappa shape index (κ2) is 6.41. The first kappa shape index (κ1) is 16.9. The van der Waals surface area contributed by atoms with Gasteiger partial charge < -0.3 is 0 Å². The van der Waals surface area contributed by atoms with Crippen LogP contribution in [0.15, 0.2) is 48.7 Å². The third-order valence-corrected chi connectivity index (χ3v) is 5.93. The monoisotopic (exact) mass is 368 g/mol. The van der Waals surface area contributed by atoms with Crippen LogP contribution in [-0.4, -0.2) is 9.91 Å². The molecule has 0 radical (unpaired) electrons. The first-order valence-corrected chi connectivity index (χ1v) is 9.63. The van der Waals surface area contributed by atoms with Crippen molar-refractivity contribution in [3.8, 4) is 0 Å². The van der Waals surface area contributed by atoms with Crippen molar-refractivity contribution in [3.63, 3.8) is 0 Å². The standard InChI is InChI=1S/C24H20N2O2/c1-15-12-23(26(27)28)24(25-14-15)18-7-6-17-9-10-20-19-5-3-2-4-16(19)8-11-21(20)22(17)13-18/h2-6,8-10,12,14,18H,7,11,13H2,1H3. The van der Waals surface area contributed by atoms with Crippen LogP contribution >= 0.6 is 0 Å². The molecule has 1 atom stereocenters. The Morgan fingerprint density at radius 2 is 1.89 bits per heavy atom. The summed E-state index contributed by atoms with van der Waals surface area (Å²) >= 11 is 0. The molecule has 2 aromatic carbocycles. The van der Waals surface area contributed by atoms with Gasteiger partial charge in [0.05, 0.1) is 4.92 Å². The molecule has 138 valence electrons. The van der Waals surface area contributed by atoms with E-state index in [1.165, 1.54) is 32.0 Å². The largest absolute Gasteiger partial charge is 0.291 e. The van der Waals surface area contributed by atoms with Crippen molar-refractivity contribution in [2.45, 2.75) is 32.1 Å². The van der Waals surface area contributed by atoms with Gasteiger partial charge in [-0.05, 0) is 63.8 Å². The lowest BCUT2D eigenvalue weighted by Crippen LogP contribution is -2.24. The van der Waals surface area contributed by atoms with Crippen LogP contribution in [0.1, 0.15) is 34.7 Å². The lowest BCUT2D eigenvalue weighted by molar-refractivity contribution is -0.386. The number of pyridine rings is 1. The van der Waals surface area contributed by atoms with Crippen molar-refractivity contribution in [2.75, 3.05) is 0 Å². The first-order valence-electron chi connectivity index (χ1n) is 9.63. The van der Waals surface area contributed by atoms with Crippen LogP contribution in [0.25, 0.3) is 12.2 Å². The Labute approximate surface area is 162 Å². The van der Waals surface area contributed by atoms with Crippen molar-refractivity contribution in [1.29, 1.82) is 0 Å². The first-order chi connectivity index (χ1) is 13.6. The Kier molecular flexibility index (Phi) is 3.86. The smallest absolute Gasteiger partial charge is 0.258 e. The highest BCUT2D eigenvalue weighted by Gasteiger charge is 2.27. The summed E-state index contributed by atoms with van der Waals surface area (Å²) in [5.74, 6) is 0.0390. The quantitative estimate of drug-likeness (QED) is 0.514. The molecule has 0 bridgehead atoms. The van der Waals surface area contributed by atoms with E-state index in [1.54, 1.807) is 12.3 Å². The summed E-state index contributed by atoms with van der Waals surface area (Å²) in [5, 5.41) is 16.7. The Balaban J connectivity index is 1.68. The van der Waals surface area contributed by atoms with Gasteiger partial charge in [-0.3, -0.25) is 15.1 Å². The number of benzene rings is 2. The van der Waals surface area contributed by atoms with Gasteiger partial charge in [-0.15, -0.1) is 0 Å². The van der Waals surface area contributed by atoms with Crippen LogP contribution in [0.2, 0.25) is 0 Å². The van der Waals surface area contributed by atoms with E-state index in [0.717, 1.165) is 24.8 Å². The average molecular weight is 368 g/mol. The summed E-state index contributed by atoms with van der Waals surface area (Å²) in [4.78, 5) is 15.8. The van der Waals surface area contributed by atoms with Crippen molar-refractivity contribution >= 4 is 17.8 Å². The summed E-state index contributed by atoms with van der Waals surface area (Å²) in [6, 6.07) is 14.6. The average Bonchev–Trinajstić information content (AvgIpc) is 2.72. The minimum atomic E-state index is -0.296. The van der Waals surface area contributed by atoms with E-state index in [-0.39, 0.29) is 16.5 Å². The van der Waals surface area contributed by atoms with E-state index in [4.69, 9.17) is 0 Å². The van der Waals surface area contributed by atoms with E-state index in [0.29, 0.717) is 5.69 Å². The topological polar surface area (TPSA) is 56.0 Å². The van der Waals surface area contributed by atoms with E-state index >= 15 is 0 Å². The summed E-state index contributed by atoms with van der Waals surface area (Å²) < 4.78 is 0. The molecule has 2 aliphatic rings. The molecular weight excluding hydrogens is 348 g/mol. The number of hydrogen-bond acceptors (Lipinski definition) is 3. The van der Waals surface area contributed by atoms with E-state index in [2.05, 4.69) is 53.5 Å². The molecule has 0 N–H and O–H groups in total. The fraction of sp³-hybridized carbons (Fsp3) is 0.208. The molecule has 0 saturated carbocycles. The highest BCUT2D eigenvalue weighted by Crippen LogP contribution is 2.33. The predicted molar refractivity (Wildman–Crippen MR) is 109 cm³/mol. The second-order valence-corrected chi connectivity index (χ2v) is 7.67. The van der Waals surface area contributed by atoms with Crippen LogP contribution in [0, 0.1) is 27.5 Å². The van der Waals surface area contributed by atoms with Gasteiger partial charge in [0.15, 0.2) is 0 Å². The third kappa shape index (κ3) is 2.64. The molecular formula is C24H20N2O2. The minimum Gasteiger partial charge on any atom is -0.258 e. The molecule has 1 aromatic heterocycles. The number of rotatable bonds is 2. The minimum absolute atomic E-state index is 0.0390. The van der Waals surface area contributed by atoms with E-state index < -0.39 is 0 Å². The van der Waals surface area contributed by atoms with Gasteiger partial charge in [-0.1, -0.05) is 48.6 Å². The van der Waals surface area contributed by atoms with Crippen molar-refractivity contribution in [2.24, 2.45) is 0 Å². The zero-order valence-corrected chi connectivity index (χ0v) is 15.7. The number of aryl methyl sites for hydroxylation is 1. The molecule has 1 unspecified atom stereocenters. The number of fused-ring (bicyclic) bond motifs is 4. The summed E-state index contributed by atoms with van der Waals surface area (Å²) in [6.45, 7) is 1.84. The second-order valence-electron chi connectivity index (χ2n) is 7.67. The predicted octanol–water partition coefficient (Wildman–Crippen LogP) is 3.43. The maximum atomic E-state index is 11.6. The fourth-order valence-corrected chi connectivity index (χ4v) is 4.59. The Morgan fingerprint density at radius 1 is 1.04 bits per heavy atom. The van der Waals surface area contributed by atoms with Crippen LogP contribution in [0.5, 0.6) is 0 Å². The number of nitrogens with zero attached hydrogens (tertiary/aromatic N) is 2. The van der Waals surface area contributed by atoms with Crippen LogP contribution < -0.4 is 10.4 Å². The van der Waals surface area contributed by atoms with E-state index in [9.17, 15) is 10.1 Å². The fourth-order valence-electron chi connectivity index (χ4n) is 4.59. The normalized spacial score (nSPS) is 16.8. The lowest BCUT2D eigenvalue weighted by Gasteiger charge is -2.23. The van der Waals surface area contributed by atoms with Crippen molar-refractivity contribution in [3.05, 3.63) is 102 Å². The zero-order chi connectivity index (χ0) is 19.3. The number of hydrogen-bond donors (Lipinski definition) is 0. The molecule has 4 heteroatoms. The summed E-state index contributed by atoms with van der Waals surface area (Å²) in [6.07, 6.45) is 8.72. The van der Waals surface area contributed by atoms with E-state index in [1.807, 2.05) is 6.92 Å². The van der Waals surface area contributed by atoms with Crippen molar-refractivity contribution in [1.82, 2.24) is 4.98 Å². The van der Waals surface area contributed by atoms with Gasteiger partial charge in [0.25, 0.3) is 5.69 Å². The Morgan fingerprint density at radius 3 is 2.75 bits per heavy atom. The molecule has 4 nitrogen and oxygen atoms in total. The Hall–Kier alpha value is -3.27. The molecule has 3 aromatic rings. The molecule has 1 heterocycles. The van der Waals surface area contributed by atoms with Gasteiger partial charge in [0.1, 0.15) is 5.69 Å². The number of nitro groups is 1. The van der Waals surface area contributed by atoms with Crippen LogP contribution in [0.3, 0.4) is 0 Å². The summed E-state index contributed by atoms with van der Waals surface area (Å²) in [5.41, 5.74) is 4.24. The maximum absolute atomic E-state index is 11.6. The highest BCUT2D eigenvalue weighted by molar-refractivity contribution is 5.50. The SMILES string of the molecule is Cc1cnc(C2CC=c3ccc4c(c3C2)CC=c2ccccc2=4)c([N+](=O)[O-])c1. The third-order valence-electron chi connectivity index (χ3n) is 5.93. The van der Waals surface area contributed by atoms with Gasteiger partial charge in [0.2, 0.25) is 0 Å². The zero-order valence-electron chi connectivity index (χ0n) is 15.7. The van der Waals surface area contributed by atoms with Crippen LogP contribution in [-0.2, 0) is 12.8 Å². The maximum Gasteiger partial charge on any atom is 0.291 e. The molecule has 0 spiro atoms. The molecule has 0 fully saturated rings. The molecule has 28 heavy (non-hydrogen) atoms. The van der Waals surface area contributed by atoms with Gasteiger partial charge in [0, 0.05) is 18.2 Å². The van der Waals surface area contributed by atoms with Crippen LogP contribution in [0.4, 0.5) is 5.69 Å². The van der Waals surface area contributed by atoms with Crippen molar-refractivity contribution < 1.29 is 4.92 Å². The molecule has 0 saturated heterocycles. The van der Waals surface area contributed by atoms with Gasteiger partial charge in [-0.25, -0.2) is 0 Å². The number of aromatic nitrogens is 1. The molecule has 0 aliphatic heterocycles. The highest BCUT2D eigenvalue weighted by atomic mass is 16.6. The molecule has 2 aliphatic carbocycles. The lowest BCUT2D eigenvalue weighted by atomic mass is 9.82.